The Hall–Kier alpha value is -1.34. The van der Waals surface area contributed by atoms with Crippen LogP contribution in [-0.4, -0.2) is 8.07 Å². The van der Waals surface area contributed by atoms with Crippen LogP contribution in [0.4, 0.5) is 0 Å². The van der Waals surface area contributed by atoms with E-state index in [1.807, 2.05) is 0 Å². The zero-order chi connectivity index (χ0) is 14.0. The van der Waals surface area contributed by atoms with Gasteiger partial charge in [-0.15, -0.1) is 0 Å². The van der Waals surface area contributed by atoms with Gasteiger partial charge in [0.2, 0.25) is 0 Å². The summed E-state index contributed by atoms with van der Waals surface area (Å²) >= 11 is 0. The highest BCUT2D eigenvalue weighted by Gasteiger charge is 2.14. The van der Waals surface area contributed by atoms with Gasteiger partial charge in [-0.25, -0.2) is 0 Å². The molecule has 1 heteroatoms. The maximum atomic E-state index is 2.43. The summed E-state index contributed by atoms with van der Waals surface area (Å²) < 4.78 is 0. The lowest BCUT2D eigenvalue weighted by Gasteiger charge is -2.17. The van der Waals surface area contributed by atoms with E-state index in [9.17, 15) is 0 Å². The molecule has 0 amide bonds. The molecule has 2 aromatic rings. The van der Waals surface area contributed by atoms with Gasteiger partial charge in [0.15, 0.2) is 0 Å². The zero-order valence-corrected chi connectivity index (χ0v) is 13.7. The van der Waals surface area contributed by atoms with Gasteiger partial charge in [-0.3, -0.25) is 0 Å². The molecule has 0 unspecified atom stereocenters. The van der Waals surface area contributed by atoms with Crippen LogP contribution in [0.3, 0.4) is 0 Å². The Balaban J connectivity index is 2.38. The molecule has 0 atom stereocenters. The van der Waals surface area contributed by atoms with Crippen LogP contribution in [0, 0.1) is 13.8 Å². The molecule has 0 aromatic heterocycles. The summed E-state index contributed by atoms with van der Waals surface area (Å²) in [6.45, 7) is 11.7. The second kappa shape index (κ2) is 5.34. The molecule has 0 radical (unpaired) electrons. The van der Waals surface area contributed by atoms with E-state index in [1.54, 1.807) is 0 Å². The SMILES string of the molecule is Cc1ccccc1-c1ccc(C[Si](C)(C)C)cc1C. The molecule has 0 N–H and O–H groups in total. The Labute approximate surface area is 118 Å². The Morgan fingerprint density at radius 1 is 0.789 bits per heavy atom. The number of rotatable bonds is 3. The molecule has 19 heavy (non-hydrogen) atoms. The first kappa shape index (κ1) is 14.1. The van der Waals surface area contributed by atoms with E-state index < -0.39 is 8.07 Å². The van der Waals surface area contributed by atoms with E-state index in [1.165, 1.54) is 33.9 Å². The molecule has 0 heterocycles. The summed E-state index contributed by atoms with van der Waals surface area (Å²) in [5, 5.41) is 0. The molecule has 0 aliphatic carbocycles. The lowest BCUT2D eigenvalue weighted by Crippen LogP contribution is -2.23. The summed E-state index contributed by atoms with van der Waals surface area (Å²) in [6.07, 6.45) is 0. The van der Waals surface area contributed by atoms with Crippen LogP contribution in [0.5, 0.6) is 0 Å². The van der Waals surface area contributed by atoms with E-state index in [0.717, 1.165) is 0 Å². The highest BCUT2D eigenvalue weighted by atomic mass is 28.3. The van der Waals surface area contributed by atoms with Crippen LogP contribution >= 0.6 is 0 Å². The van der Waals surface area contributed by atoms with Crippen molar-refractivity contribution in [1.29, 1.82) is 0 Å². The van der Waals surface area contributed by atoms with Crippen molar-refractivity contribution in [3.8, 4) is 11.1 Å². The van der Waals surface area contributed by atoms with E-state index >= 15 is 0 Å². The summed E-state index contributed by atoms with van der Waals surface area (Å²) in [5.41, 5.74) is 6.97. The van der Waals surface area contributed by atoms with Crippen molar-refractivity contribution in [2.75, 3.05) is 0 Å². The van der Waals surface area contributed by atoms with Gasteiger partial charge >= 0.3 is 0 Å². The fraction of sp³-hybridized carbons (Fsp3) is 0.333. The third-order valence-corrected chi connectivity index (χ3v) is 4.93. The molecule has 0 nitrogen and oxygen atoms in total. The molecule has 0 saturated carbocycles. The van der Waals surface area contributed by atoms with E-state index in [0.29, 0.717) is 0 Å². The third kappa shape index (κ3) is 3.57. The van der Waals surface area contributed by atoms with Gasteiger partial charge in [0, 0.05) is 8.07 Å². The minimum Gasteiger partial charge on any atom is -0.0693 e. The average molecular weight is 268 g/mol. The van der Waals surface area contributed by atoms with Gasteiger partial charge in [0.25, 0.3) is 0 Å². The van der Waals surface area contributed by atoms with Crippen molar-refractivity contribution < 1.29 is 0 Å². The molecule has 0 bridgehead atoms. The smallest absolute Gasteiger partial charge is 0.0487 e. The molecule has 0 saturated heterocycles. The number of benzene rings is 2. The van der Waals surface area contributed by atoms with Gasteiger partial charge in [0.1, 0.15) is 0 Å². The monoisotopic (exact) mass is 268 g/mol. The normalized spacial score (nSPS) is 11.6. The van der Waals surface area contributed by atoms with Crippen molar-refractivity contribution in [3.63, 3.8) is 0 Å². The fourth-order valence-corrected chi connectivity index (χ4v) is 4.07. The molecular weight excluding hydrogens is 244 g/mol. The van der Waals surface area contributed by atoms with Gasteiger partial charge in [-0.2, -0.15) is 0 Å². The Bertz CT molecular complexity index is 576. The minimum absolute atomic E-state index is 1.03. The third-order valence-electron chi connectivity index (χ3n) is 3.46. The minimum atomic E-state index is -1.03. The number of hydrogen-bond donors (Lipinski definition) is 0. The van der Waals surface area contributed by atoms with E-state index in [-0.39, 0.29) is 0 Å². The summed E-state index contributed by atoms with van der Waals surface area (Å²) in [5.74, 6) is 0. The van der Waals surface area contributed by atoms with Crippen LogP contribution in [0.15, 0.2) is 42.5 Å². The largest absolute Gasteiger partial charge is 0.0693 e. The molecule has 100 valence electrons. The zero-order valence-electron chi connectivity index (χ0n) is 12.7. The van der Waals surface area contributed by atoms with Gasteiger partial charge in [-0.05, 0) is 42.1 Å². The number of aryl methyl sites for hydroxylation is 2. The van der Waals surface area contributed by atoms with Crippen LogP contribution in [0.25, 0.3) is 11.1 Å². The van der Waals surface area contributed by atoms with Crippen LogP contribution < -0.4 is 0 Å². The standard InChI is InChI=1S/C18H24Si/c1-14-8-6-7-9-17(14)18-11-10-16(12-15(18)2)13-19(3,4)5/h6-12H,13H2,1-5H3. The van der Waals surface area contributed by atoms with E-state index in [4.69, 9.17) is 0 Å². The highest BCUT2D eigenvalue weighted by molar-refractivity contribution is 6.75. The second-order valence-corrected chi connectivity index (χ2v) is 12.2. The first-order valence-corrected chi connectivity index (χ1v) is 10.7. The summed E-state index contributed by atoms with van der Waals surface area (Å²) in [6, 6.07) is 16.9. The molecule has 0 aliphatic rings. The Kier molecular flexibility index (Phi) is 3.95. The maximum Gasteiger partial charge on any atom is 0.0487 e. The number of hydrogen-bond acceptors (Lipinski definition) is 0. The van der Waals surface area contributed by atoms with Crippen molar-refractivity contribution in [2.24, 2.45) is 0 Å². The Morgan fingerprint density at radius 2 is 1.42 bits per heavy atom. The van der Waals surface area contributed by atoms with Crippen molar-refractivity contribution in [3.05, 3.63) is 59.2 Å². The molecule has 0 spiro atoms. The molecule has 2 aromatic carbocycles. The second-order valence-electron chi connectivity index (χ2n) is 6.70. The van der Waals surface area contributed by atoms with Gasteiger partial charge < -0.3 is 0 Å². The summed E-state index contributed by atoms with van der Waals surface area (Å²) in [7, 11) is -1.03. The van der Waals surface area contributed by atoms with Gasteiger partial charge in [-0.1, -0.05) is 67.7 Å². The summed E-state index contributed by atoms with van der Waals surface area (Å²) in [4.78, 5) is 0. The fourth-order valence-electron chi connectivity index (χ4n) is 2.63. The predicted molar refractivity (Wildman–Crippen MR) is 88.4 cm³/mol. The van der Waals surface area contributed by atoms with Crippen molar-refractivity contribution in [2.45, 2.75) is 39.5 Å². The van der Waals surface area contributed by atoms with Gasteiger partial charge in [0.05, 0.1) is 0 Å². The first-order chi connectivity index (χ1) is 8.87. The lowest BCUT2D eigenvalue weighted by molar-refractivity contribution is 1.28. The lowest BCUT2D eigenvalue weighted by atomic mass is 9.95. The average Bonchev–Trinajstić information content (AvgIpc) is 2.28. The molecule has 2 rings (SSSR count). The van der Waals surface area contributed by atoms with E-state index in [2.05, 4.69) is 76.0 Å². The topological polar surface area (TPSA) is 0 Å². The highest BCUT2D eigenvalue weighted by Crippen LogP contribution is 2.27. The maximum absolute atomic E-state index is 2.43. The van der Waals surface area contributed by atoms with Crippen LogP contribution in [0.1, 0.15) is 16.7 Å². The Morgan fingerprint density at radius 3 is 2.00 bits per heavy atom. The predicted octanol–water partition coefficient (Wildman–Crippen LogP) is 5.39. The molecule has 0 fully saturated rings. The van der Waals surface area contributed by atoms with Crippen LogP contribution in [-0.2, 0) is 6.04 Å². The van der Waals surface area contributed by atoms with Crippen molar-refractivity contribution >= 4 is 8.07 Å². The molecule has 0 aliphatic heterocycles. The van der Waals surface area contributed by atoms with Crippen molar-refractivity contribution in [1.82, 2.24) is 0 Å². The van der Waals surface area contributed by atoms with Crippen LogP contribution in [0.2, 0.25) is 19.6 Å². The quantitative estimate of drug-likeness (QED) is 0.655. The first-order valence-electron chi connectivity index (χ1n) is 7.02. The molecular formula is C18H24Si.